The highest BCUT2D eigenvalue weighted by molar-refractivity contribution is 14.1. The Hall–Kier alpha value is -0.390. The summed E-state index contributed by atoms with van der Waals surface area (Å²) in [5.74, 6) is 0. The summed E-state index contributed by atoms with van der Waals surface area (Å²) in [6.07, 6.45) is 0. The Labute approximate surface area is 140 Å². The van der Waals surface area contributed by atoms with Gasteiger partial charge in [-0.25, -0.2) is 0 Å². The van der Waals surface area contributed by atoms with Gasteiger partial charge in [-0.3, -0.25) is 0 Å². The molecule has 0 aliphatic carbocycles. The molecule has 0 aromatic heterocycles. The van der Waals surface area contributed by atoms with Crippen LogP contribution in [0.1, 0.15) is 11.1 Å². The minimum absolute atomic E-state index is 0. The molecule has 0 spiro atoms. The van der Waals surface area contributed by atoms with Gasteiger partial charge in [-0.2, -0.15) is 0 Å². The highest BCUT2D eigenvalue weighted by atomic mass is 127. The van der Waals surface area contributed by atoms with E-state index in [1.807, 2.05) is 0 Å². The topological polar surface area (TPSA) is 0 Å². The van der Waals surface area contributed by atoms with Crippen LogP contribution in [0, 0.1) is 0 Å². The van der Waals surface area contributed by atoms with Crippen LogP contribution in [0.5, 0.6) is 0 Å². The van der Waals surface area contributed by atoms with Gasteiger partial charge < -0.3 is 21.5 Å². The SMILES string of the molecule is C[N+](CI)(Cc1ccccc1)Cc1ccccc1.[Br-]. The summed E-state index contributed by atoms with van der Waals surface area (Å²) in [6, 6.07) is 21.5. The van der Waals surface area contributed by atoms with Gasteiger partial charge in [0.1, 0.15) is 17.6 Å². The van der Waals surface area contributed by atoms with Crippen LogP contribution in [0.25, 0.3) is 0 Å². The monoisotopic (exact) mass is 431 g/mol. The van der Waals surface area contributed by atoms with E-state index >= 15 is 0 Å². The maximum absolute atomic E-state index is 2.49. The maximum atomic E-state index is 2.49. The van der Waals surface area contributed by atoms with Crippen molar-refractivity contribution in [2.75, 3.05) is 11.6 Å². The Morgan fingerprint density at radius 2 is 1.16 bits per heavy atom. The maximum Gasteiger partial charge on any atom is 0.130 e. The standard InChI is InChI=1S/C16H19IN.BrH/c1-18(14-17,12-15-8-4-2-5-9-15)13-16-10-6-3-7-11-16;/h2-11H,12-14H2,1H3;1H/q+1;/p-1. The molecular formula is C16H19BrIN. The van der Waals surface area contributed by atoms with Gasteiger partial charge in [-0.1, -0.05) is 60.7 Å². The Bertz CT molecular complexity index is 431. The molecule has 0 fully saturated rings. The first kappa shape index (κ1) is 16.7. The Balaban J connectivity index is 0.00000180. The quantitative estimate of drug-likeness (QED) is 0.289. The van der Waals surface area contributed by atoms with Gasteiger partial charge >= 0.3 is 0 Å². The molecule has 0 aliphatic rings. The Kier molecular flexibility index (Phi) is 7.04. The minimum atomic E-state index is 0. The zero-order chi connectivity index (χ0) is 12.8. The number of hydrogen-bond acceptors (Lipinski definition) is 0. The van der Waals surface area contributed by atoms with Crippen molar-refractivity contribution < 1.29 is 21.5 Å². The normalized spacial score (nSPS) is 10.8. The zero-order valence-electron chi connectivity index (χ0n) is 11.1. The molecule has 0 radical (unpaired) electrons. The number of benzene rings is 2. The number of quaternary nitrogens is 1. The van der Waals surface area contributed by atoms with Gasteiger partial charge in [0.2, 0.25) is 0 Å². The van der Waals surface area contributed by atoms with E-state index in [0.717, 1.165) is 22.1 Å². The number of halogens is 2. The fourth-order valence-corrected chi connectivity index (χ4v) is 2.67. The van der Waals surface area contributed by atoms with E-state index in [2.05, 4.69) is 90.3 Å². The second kappa shape index (κ2) is 8.02. The fraction of sp³-hybridized carbons (Fsp3) is 0.250. The van der Waals surface area contributed by atoms with Gasteiger partial charge in [0.15, 0.2) is 0 Å². The molecule has 3 heteroatoms. The minimum Gasteiger partial charge on any atom is -1.00 e. The summed E-state index contributed by atoms with van der Waals surface area (Å²) in [5.41, 5.74) is 2.82. The zero-order valence-corrected chi connectivity index (χ0v) is 14.8. The lowest BCUT2D eigenvalue weighted by atomic mass is 10.1. The average molecular weight is 432 g/mol. The average Bonchev–Trinajstić information content (AvgIpc) is 2.41. The lowest BCUT2D eigenvalue weighted by molar-refractivity contribution is -0.920. The molecule has 19 heavy (non-hydrogen) atoms. The summed E-state index contributed by atoms with van der Waals surface area (Å²) in [5, 5.41) is 0. The molecule has 0 atom stereocenters. The largest absolute Gasteiger partial charge is 1.00 e. The number of nitrogens with zero attached hydrogens (tertiary/aromatic N) is 1. The van der Waals surface area contributed by atoms with E-state index in [-0.39, 0.29) is 17.0 Å². The highest BCUT2D eigenvalue weighted by Gasteiger charge is 2.20. The molecule has 102 valence electrons. The molecule has 2 aromatic carbocycles. The summed E-state index contributed by atoms with van der Waals surface area (Å²) >= 11 is 2.49. The number of rotatable bonds is 5. The van der Waals surface area contributed by atoms with E-state index in [1.165, 1.54) is 11.1 Å². The third-order valence-electron chi connectivity index (χ3n) is 3.10. The van der Waals surface area contributed by atoms with Crippen LogP contribution in [0.4, 0.5) is 0 Å². The van der Waals surface area contributed by atoms with Crippen LogP contribution in [0.3, 0.4) is 0 Å². The molecule has 2 aromatic rings. The molecular weight excluding hydrogens is 413 g/mol. The van der Waals surface area contributed by atoms with Crippen molar-refractivity contribution in [3.63, 3.8) is 0 Å². The molecule has 0 amide bonds. The van der Waals surface area contributed by atoms with Gasteiger partial charge in [-0.05, 0) is 22.6 Å². The number of alkyl halides is 1. The second-order valence-electron chi connectivity index (χ2n) is 5.03. The number of hydrogen-bond donors (Lipinski definition) is 0. The molecule has 0 bridgehead atoms. The summed E-state index contributed by atoms with van der Waals surface area (Å²) in [7, 11) is 2.33. The molecule has 0 unspecified atom stereocenters. The van der Waals surface area contributed by atoms with Gasteiger partial charge in [0.05, 0.1) is 7.05 Å². The van der Waals surface area contributed by atoms with Crippen LogP contribution in [0.15, 0.2) is 60.7 Å². The van der Waals surface area contributed by atoms with Crippen molar-refractivity contribution in [3.05, 3.63) is 71.8 Å². The van der Waals surface area contributed by atoms with E-state index < -0.39 is 0 Å². The van der Waals surface area contributed by atoms with Crippen molar-refractivity contribution >= 4 is 22.6 Å². The molecule has 2 rings (SSSR count). The second-order valence-corrected chi connectivity index (χ2v) is 5.71. The van der Waals surface area contributed by atoms with Crippen molar-refractivity contribution in [2.45, 2.75) is 13.1 Å². The molecule has 1 nitrogen and oxygen atoms in total. The molecule has 0 heterocycles. The van der Waals surface area contributed by atoms with E-state index in [9.17, 15) is 0 Å². The lowest BCUT2D eigenvalue weighted by Crippen LogP contribution is -3.00. The first-order valence-corrected chi connectivity index (χ1v) is 7.72. The van der Waals surface area contributed by atoms with Crippen LogP contribution < -0.4 is 17.0 Å². The summed E-state index contributed by atoms with van der Waals surface area (Å²) < 4.78 is 2.15. The van der Waals surface area contributed by atoms with Crippen LogP contribution in [-0.4, -0.2) is 16.1 Å². The van der Waals surface area contributed by atoms with Gasteiger partial charge in [-0.15, -0.1) is 0 Å². The predicted molar refractivity (Wildman–Crippen MR) is 85.4 cm³/mol. The van der Waals surface area contributed by atoms with E-state index in [1.54, 1.807) is 0 Å². The highest BCUT2D eigenvalue weighted by Crippen LogP contribution is 2.18. The summed E-state index contributed by atoms with van der Waals surface area (Å²) in [6.45, 7) is 2.16. The van der Waals surface area contributed by atoms with Crippen LogP contribution >= 0.6 is 22.6 Å². The van der Waals surface area contributed by atoms with Crippen molar-refractivity contribution in [2.24, 2.45) is 0 Å². The molecule has 0 N–H and O–H groups in total. The predicted octanol–water partition coefficient (Wildman–Crippen LogP) is 1.23. The molecule has 0 saturated heterocycles. The fourth-order valence-electron chi connectivity index (χ4n) is 2.19. The third kappa shape index (κ3) is 5.24. The summed E-state index contributed by atoms with van der Waals surface area (Å²) in [4.78, 5) is 0. The van der Waals surface area contributed by atoms with Crippen LogP contribution in [-0.2, 0) is 13.1 Å². The molecule has 0 aliphatic heterocycles. The first-order chi connectivity index (χ1) is 8.72. The van der Waals surface area contributed by atoms with Crippen molar-refractivity contribution in [3.8, 4) is 0 Å². The van der Waals surface area contributed by atoms with Gasteiger partial charge in [0, 0.05) is 11.1 Å². The Morgan fingerprint density at radius 3 is 1.47 bits per heavy atom. The smallest absolute Gasteiger partial charge is 0.130 e. The van der Waals surface area contributed by atoms with Crippen LogP contribution in [0.2, 0.25) is 0 Å². The van der Waals surface area contributed by atoms with Crippen molar-refractivity contribution in [1.29, 1.82) is 0 Å². The first-order valence-electron chi connectivity index (χ1n) is 6.19. The van der Waals surface area contributed by atoms with E-state index in [4.69, 9.17) is 0 Å². The Morgan fingerprint density at radius 1 is 0.789 bits per heavy atom. The van der Waals surface area contributed by atoms with Gasteiger partial charge in [0.25, 0.3) is 0 Å². The lowest BCUT2D eigenvalue weighted by Gasteiger charge is -2.32. The molecule has 0 saturated carbocycles. The third-order valence-corrected chi connectivity index (χ3v) is 4.75. The van der Waals surface area contributed by atoms with E-state index in [0.29, 0.717) is 0 Å². The van der Waals surface area contributed by atoms with Crippen molar-refractivity contribution in [1.82, 2.24) is 0 Å².